The zero-order valence-corrected chi connectivity index (χ0v) is 19.5. The average Bonchev–Trinajstić information content (AvgIpc) is 3.43. The number of nitrogens with one attached hydrogen (secondary N) is 2. The van der Waals surface area contributed by atoms with E-state index in [4.69, 9.17) is 10.5 Å². The van der Waals surface area contributed by atoms with Crippen molar-refractivity contribution in [3.63, 3.8) is 0 Å². The number of amides is 2. The topological polar surface area (TPSA) is 113 Å². The zero-order chi connectivity index (χ0) is 23.9. The van der Waals surface area contributed by atoms with E-state index in [0.717, 1.165) is 36.1 Å². The smallest absolute Gasteiger partial charge is 0.411 e. The molecule has 1 aliphatic carbocycles. The number of hydrogen-bond acceptors (Lipinski definition) is 5. The lowest BCUT2D eigenvalue weighted by molar-refractivity contribution is -0.128. The molecule has 4 rings (SSSR count). The van der Waals surface area contributed by atoms with Crippen LogP contribution in [0.15, 0.2) is 24.4 Å². The lowest BCUT2D eigenvalue weighted by atomic mass is 9.97. The van der Waals surface area contributed by atoms with Crippen LogP contribution in [0.2, 0.25) is 0 Å². The van der Waals surface area contributed by atoms with Crippen LogP contribution in [-0.4, -0.2) is 50.9 Å². The Morgan fingerprint density at radius 2 is 2.12 bits per heavy atom. The molecular weight excluding hydrogens is 425 g/mol. The standard InChI is InChI=1S/C24H32FN5O3/c1-13-18(12-27-29-13)14-5-6-15(19(25)10-14)11-20(26)28-22(31)21-16-7-8-17(9-16)30(21)23(32)33-24(2,3)4/h5-6,10,12,16-17,20-21H,7-9,11,26H2,1-4H3,(H,27,29)(H,28,31). The van der Waals surface area contributed by atoms with Crippen molar-refractivity contribution in [2.45, 2.75) is 77.2 Å². The largest absolute Gasteiger partial charge is 0.444 e. The first kappa shape index (κ1) is 23.2. The normalized spacial score (nSPS) is 23.0. The molecule has 4 unspecified atom stereocenters. The van der Waals surface area contributed by atoms with Crippen LogP contribution in [0.1, 0.15) is 51.3 Å². The van der Waals surface area contributed by atoms with Crippen molar-refractivity contribution in [2.75, 3.05) is 0 Å². The second-order valence-corrected chi connectivity index (χ2v) is 10.1. The summed E-state index contributed by atoms with van der Waals surface area (Å²) in [6.07, 6.45) is 3.08. The number of aryl methyl sites for hydroxylation is 1. The summed E-state index contributed by atoms with van der Waals surface area (Å²) in [4.78, 5) is 27.5. The van der Waals surface area contributed by atoms with Gasteiger partial charge in [0.05, 0.1) is 12.4 Å². The van der Waals surface area contributed by atoms with Crippen LogP contribution < -0.4 is 11.1 Å². The number of ether oxygens (including phenoxy) is 1. The maximum Gasteiger partial charge on any atom is 0.411 e. The summed E-state index contributed by atoms with van der Waals surface area (Å²) in [5, 5.41) is 9.60. The number of hydrogen-bond donors (Lipinski definition) is 3. The first-order valence-electron chi connectivity index (χ1n) is 11.4. The van der Waals surface area contributed by atoms with Gasteiger partial charge in [-0.15, -0.1) is 0 Å². The molecule has 4 atom stereocenters. The van der Waals surface area contributed by atoms with Gasteiger partial charge in [-0.2, -0.15) is 5.10 Å². The predicted molar refractivity (Wildman–Crippen MR) is 122 cm³/mol. The van der Waals surface area contributed by atoms with Crippen molar-refractivity contribution in [3.8, 4) is 11.1 Å². The number of aromatic nitrogens is 2. The van der Waals surface area contributed by atoms with E-state index in [1.54, 1.807) is 37.9 Å². The molecular formula is C24H32FN5O3. The fourth-order valence-corrected chi connectivity index (χ4v) is 4.98. The average molecular weight is 458 g/mol. The lowest BCUT2D eigenvalue weighted by Gasteiger charge is -2.36. The number of carbonyl (C=O) groups is 2. The van der Waals surface area contributed by atoms with Crippen LogP contribution in [0, 0.1) is 18.7 Å². The van der Waals surface area contributed by atoms with E-state index < -0.39 is 29.7 Å². The molecule has 1 saturated heterocycles. The van der Waals surface area contributed by atoms with Gasteiger partial charge in [-0.25, -0.2) is 9.18 Å². The molecule has 2 fully saturated rings. The van der Waals surface area contributed by atoms with Crippen molar-refractivity contribution in [2.24, 2.45) is 11.7 Å². The Hall–Kier alpha value is -2.94. The number of H-pyrrole nitrogens is 1. The van der Waals surface area contributed by atoms with Gasteiger partial charge < -0.3 is 15.8 Å². The van der Waals surface area contributed by atoms with E-state index in [9.17, 15) is 14.0 Å². The molecule has 2 heterocycles. The highest BCUT2D eigenvalue weighted by atomic mass is 19.1. The van der Waals surface area contributed by atoms with E-state index in [0.29, 0.717) is 5.56 Å². The minimum atomic E-state index is -0.784. The van der Waals surface area contributed by atoms with E-state index in [-0.39, 0.29) is 24.3 Å². The summed E-state index contributed by atoms with van der Waals surface area (Å²) >= 11 is 0. The van der Waals surface area contributed by atoms with Crippen molar-refractivity contribution in [3.05, 3.63) is 41.5 Å². The number of nitrogens with two attached hydrogens (primary N) is 1. The highest BCUT2D eigenvalue weighted by Crippen LogP contribution is 2.43. The zero-order valence-electron chi connectivity index (χ0n) is 19.5. The number of carbonyl (C=O) groups excluding carboxylic acids is 2. The summed E-state index contributed by atoms with van der Waals surface area (Å²) in [6, 6.07) is 4.33. The molecule has 33 heavy (non-hydrogen) atoms. The summed E-state index contributed by atoms with van der Waals surface area (Å²) < 4.78 is 20.3. The number of halogens is 1. The van der Waals surface area contributed by atoms with Crippen LogP contribution in [0.3, 0.4) is 0 Å². The number of rotatable bonds is 5. The quantitative estimate of drug-likeness (QED) is 0.597. The fourth-order valence-electron chi connectivity index (χ4n) is 4.98. The Labute approximate surface area is 193 Å². The minimum Gasteiger partial charge on any atom is -0.444 e. The van der Waals surface area contributed by atoms with Gasteiger partial charge in [-0.05, 0) is 70.1 Å². The van der Waals surface area contributed by atoms with Gasteiger partial charge >= 0.3 is 6.09 Å². The molecule has 2 bridgehead atoms. The number of nitrogens with zero attached hydrogens (tertiary/aromatic N) is 2. The molecule has 1 aromatic heterocycles. The van der Waals surface area contributed by atoms with Gasteiger partial charge in [0.1, 0.15) is 17.5 Å². The van der Waals surface area contributed by atoms with Gasteiger partial charge in [-0.3, -0.25) is 14.8 Å². The Bertz CT molecular complexity index is 1050. The van der Waals surface area contributed by atoms with Crippen molar-refractivity contribution < 1.29 is 18.7 Å². The molecule has 2 aliphatic rings. The first-order valence-corrected chi connectivity index (χ1v) is 11.4. The van der Waals surface area contributed by atoms with Crippen molar-refractivity contribution in [1.29, 1.82) is 0 Å². The molecule has 8 nitrogen and oxygen atoms in total. The Morgan fingerprint density at radius 1 is 1.36 bits per heavy atom. The van der Waals surface area contributed by atoms with Crippen LogP contribution in [0.5, 0.6) is 0 Å². The van der Waals surface area contributed by atoms with Gasteiger partial charge in [0, 0.05) is 23.7 Å². The Kier molecular flexibility index (Phi) is 6.18. The van der Waals surface area contributed by atoms with Crippen LogP contribution >= 0.6 is 0 Å². The predicted octanol–water partition coefficient (Wildman–Crippen LogP) is 3.26. The summed E-state index contributed by atoms with van der Waals surface area (Å²) in [6.45, 7) is 7.28. The summed E-state index contributed by atoms with van der Waals surface area (Å²) in [5.74, 6) is -0.622. The Morgan fingerprint density at radius 3 is 2.76 bits per heavy atom. The number of fused-ring (bicyclic) bond motifs is 2. The molecule has 1 aliphatic heterocycles. The molecule has 2 amide bonds. The molecule has 4 N–H and O–H groups in total. The monoisotopic (exact) mass is 457 g/mol. The van der Waals surface area contributed by atoms with Gasteiger partial charge in [0.25, 0.3) is 0 Å². The SMILES string of the molecule is Cc1[nH]ncc1-c1ccc(CC(N)NC(=O)C2C3CCC(C3)N2C(=O)OC(C)(C)C)c(F)c1. The fraction of sp³-hybridized carbons (Fsp3) is 0.542. The molecule has 2 aromatic rings. The summed E-state index contributed by atoms with van der Waals surface area (Å²) in [5.41, 5.74) is 8.34. The van der Waals surface area contributed by atoms with Crippen LogP contribution in [-0.2, 0) is 16.0 Å². The van der Waals surface area contributed by atoms with E-state index in [1.165, 1.54) is 6.07 Å². The van der Waals surface area contributed by atoms with Crippen molar-refractivity contribution in [1.82, 2.24) is 20.4 Å². The highest BCUT2D eigenvalue weighted by molar-refractivity contribution is 5.87. The van der Waals surface area contributed by atoms with E-state index >= 15 is 0 Å². The number of likely N-dealkylation sites (tertiary alicyclic amines) is 1. The highest BCUT2D eigenvalue weighted by Gasteiger charge is 2.52. The van der Waals surface area contributed by atoms with Crippen molar-refractivity contribution >= 4 is 12.0 Å². The Balaban J connectivity index is 1.42. The molecule has 178 valence electrons. The third-order valence-electron chi connectivity index (χ3n) is 6.42. The molecule has 0 spiro atoms. The molecule has 1 aromatic carbocycles. The van der Waals surface area contributed by atoms with Gasteiger partial charge in [-0.1, -0.05) is 12.1 Å². The lowest BCUT2D eigenvalue weighted by Crippen LogP contribution is -2.57. The second kappa shape index (κ2) is 8.78. The molecule has 0 radical (unpaired) electrons. The molecule has 1 saturated carbocycles. The maximum absolute atomic E-state index is 14.8. The maximum atomic E-state index is 14.8. The third kappa shape index (κ3) is 4.88. The second-order valence-electron chi connectivity index (χ2n) is 10.1. The third-order valence-corrected chi connectivity index (χ3v) is 6.42. The van der Waals surface area contributed by atoms with Crippen LogP contribution in [0.4, 0.5) is 9.18 Å². The van der Waals surface area contributed by atoms with Gasteiger partial charge in [0.15, 0.2) is 0 Å². The van der Waals surface area contributed by atoms with E-state index in [1.807, 2.05) is 13.0 Å². The number of piperidine rings is 1. The first-order chi connectivity index (χ1) is 15.5. The van der Waals surface area contributed by atoms with Crippen LogP contribution in [0.25, 0.3) is 11.1 Å². The minimum absolute atomic E-state index is 0.00758. The number of benzene rings is 1. The molecule has 9 heteroatoms. The number of aromatic amines is 1. The van der Waals surface area contributed by atoms with Gasteiger partial charge in [0.2, 0.25) is 5.91 Å². The van der Waals surface area contributed by atoms with E-state index in [2.05, 4.69) is 15.5 Å². The summed E-state index contributed by atoms with van der Waals surface area (Å²) in [7, 11) is 0.